The van der Waals surface area contributed by atoms with E-state index in [1.165, 1.54) is 24.0 Å². The van der Waals surface area contributed by atoms with Gasteiger partial charge in [-0.25, -0.2) is 0 Å². The molecule has 1 aliphatic rings. The molecule has 0 saturated carbocycles. The third kappa shape index (κ3) is 2.82. The molecule has 2 aromatic carbocycles. The van der Waals surface area contributed by atoms with Crippen LogP contribution >= 0.6 is 0 Å². The van der Waals surface area contributed by atoms with Crippen molar-refractivity contribution in [2.45, 2.75) is 32.2 Å². The highest BCUT2D eigenvalue weighted by molar-refractivity contribution is 5.73. The molecule has 0 heterocycles. The Balaban J connectivity index is 1.86. The Morgan fingerprint density at radius 2 is 2.05 bits per heavy atom. The number of benzene rings is 2. The number of ether oxygens (including phenoxy) is 1. The second-order valence-corrected chi connectivity index (χ2v) is 5.44. The molecular weight excluding hydrogens is 260 g/mol. The average Bonchev–Trinajstić information content (AvgIpc) is 2.52. The summed E-state index contributed by atoms with van der Waals surface area (Å²) < 4.78 is 5.57. The molecular formula is C18H22N2O. The van der Waals surface area contributed by atoms with Crippen LogP contribution in [0.3, 0.4) is 0 Å². The molecule has 0 saturated heterocycles. The highest BCUT2D eigenvalue weighted by Gasteiger charge is 2.20. The predicted molar refractivity (Wildman–Crippen MR) is 87.8 cm³/mol. The van der Waals surface area contributed by atoms with Crippen molar-refractivity contribution in [3.8, 4) is 5.75 Å². The zero-order valence-electron chi connectivity index (χ0n) is 12.4. The van der Waals surface area contributed by atoms with Gasteiger partial charge in [0.1, 0.15) is 5.75 Å². The lowest BCUT2D eigenvalue weighted by Gasteiger charge is -2.28. The topological polar surface area (TPSA) is 47.3 Å². The number of hydrogen-bond donors (Lipinski definition) is 2. The molecule has 0 bridgehead atoms. The monoisotopic (exact) mass is 282 g/mol. The smallest absolute Gasteiger partial charge is 0.144 e. The first-order chi connectivity index (χ1) is 10.3. The van der Waals surface area contributed by atoms with Crippen molar-refractivity contribution in [1.29, 1.82) is 0 Å². The van der Waals surface area contributed by atoms with Gasteiger partial charge in [-0.05, 0) is 49.4 Å². The first-order valence-corrected chi connectivity index (χ1v) is 7.65. The van der Waals surface area contributed by atoms with Crippen molar-refractivity contribution in [1.82, 2.24) is 0 Å². The Kier molecular flexibility index (Phi) is 4.00. The van der Waals surface area contributed by atoms with Crippen molar-refractivity contribution in [3.63, 3.8) is 0 Å². The maximum atomic E-state index is 6.22. The number of aryl methyl sites for hydroxylation is 1. The summed E-state index contributed by atoms with van der Waals surface area (Å²) in [5, 5.41) is 3.60. The molecule has 2 aromatic rings. The quantitative estimate of drug-likeness (QED) is 0.828. The average molecular weight is 282 g/mol. The van der Waals surface area contributed by atoms with Crippen LogP contribution in [0.15, 0.2) is 42.5 Å². The second kappa shape index (κ2) is 6.08. The van der Waals surface area contributed by atoms with Gasteiger partial charge in [-0.2, -0.15) is 0 Å². The Morgan fingerprint density at radius 1 is 1.19 bits per heavy atom. The number of nitrogens with one attached hydrogen (secondary N) is 1. The van der Waals surface area contributed by atoms with Crippen LogP contribution in [-0.4, -0.2) is 6.61 Å². The van der Waals surface area contributed by atoms with Crippen LogP contribution in [0.1, 0.15) is 36.9 Å². The van der Waals surface area contributed by atoms with Crippen LogP contribution in [0.25, 0.3) is 0 Å². The number of hydrogen-bond acceptors (Lipinski definition) is 3. The molecule has 0 spiro atoms. The van der Waals surface area contributed by atoms with E-state index in [1.807, 2.05) is 25.1 Å². The van der Waals surface area contributed by atoms with E-state index >= 15 is 0 Å². The highest BCUT2D eigenvalue weighted by Crippen LogP contribution is 2.36. The fraction of sp³-hybridized carbons (Fsp3) is 0.333. The van der Waals surface area contributed by atoms with Gasteiger partial charge in [-0.15, -0.1) is 0 Å². The largest absolute Gasteiger partial charge is 0.492 e. The molecule has 3 heteroatoms. The van der Waals surface area contributed by atoms with E-state index < -0.39 is 0 Å². The van der Waals surface area contributed by atoms with Crippen molar-refractivity contribution in [3.05, 3.63) is 53.6 Å². The Morgan fingerprint density at radius 3 is 2.90 bits per heavy atom. The first kappa shape index (κ1) is 13.8. The molecule has 0 aliphatic heterocycles. The van der Waals surface area contributed by atoms with Crippen LogP contribution in [0.5, 0.6) is 5.75 Å². The minimum Gasteiger partial charge on any atom is -0.492 e. The summed E-state index contributed by atoms with van der Waals surface area (Å²) in [5.74, 6) is 0.756. The fourth-order valence-electron chi connectivity index (χ4n) is 3.04. The Bertz CT molecular complexity index is 624. The molecule has 3 rings (SSSR count). The molecule has 3 nitrogen and oxygen atoms in total. The minimum atomic E-state index is 0.328. The van der Waals surface area contributed by atoms with E-state index in [4.69, 9.17) is 10.5 Å². The number of fused-ring (bicyclic) bond motifs is 1. The lowest BCUT2D eigenvalue weighted by atomic mass is 9.87. The van der Waals surface area contributed by atoms with Crippen molar-refractivity contribution in [2.24, 2.45) is 0 Å². The highest BCUT2D eigenvalue weighted by atomic mass is 16.5. The first-order valence-electron chi connectivity index (χ1n) is 7.65. The van der Waals surface area contributed by atoms with E-state index in [9.17, 15) is 0 Å². The van der Waals surface area contributed by atoms with Crippen LogP contribution in [-0.2, 0) is 6.42 Å². The van der Waals surface area contributed by atoms with Crippen LogP contribution in [0.2, 0.25) is 0 Å². The summed E-state index contributed by atoms with van der Waals surface area (Å²) in [6.07, 6.45) is 3.51. The Hall–Kier alpha value is -2.16. The van der Waals surface area contributed by atoms with Gasteiger partial charge in [0, 0.05) is 0 Å². The zero-order valence-corrected chi connectivity index (χ0v) is 12.4. The van der Waals surface area contributed by atoms with Gasteiger partial charge in [0.2, 0.25) is 0 Å². The molecule has 21 heavy (non-hydrogen) atoms. The van der Waals surface area contributed by atoms with Gasteiger partial charge in [-0.3, -0.25) is 0 Å². The van der Waals surface area contributed by atoms with E-state index in [0.717, 1.165) is 17.9 Å². The summed E-state index contributed by atoms with van der Waals surface area (Å²) >= 11 is 0. The molecule has 3 N–H and O–H groups in total. The minimum absolute atomic E-state index is 0.328. The predicted octanol–water partition coefficient (Wildman–Crippen LogP) is 4.16. The number of para-hydroxylation sites is 1. The van der Waals surface area contributed by atoms with E-state index in [0.29, 0.717) is 18.3 Å². The van der Waals surface area contributed by atoms with Gasteiger partial charge in [0.25, 0.3) is 0 Å². The Labute approximate surface area is 126 Å². The summed E-state index contributed by atoms with van der Waals surface area (Å²) in [6, 6.07) is 14.9. The van der Waals surface area contributed by atoms with E-state index in [-0.39, 0.29) is 0 Å². The standard InChI is InChI=1S/C18H22N2O/c1-2-21-17-12-6-11-16(18(17)19)20-15-10-5-8-13-7-3-4-9-14(13)15/h3-4,6-7,9,11-12,15,20H,2,5,8,10,19H2,1H3. The van der Waals surface area contributed by atoms with Gasteiger partial charge in [0.05, 0.1) is 24.0 Å². The van der Waals surface area contributed by atoms with Crippen molar-refractivity contribution < 1.29 is 4.74 Å². The summed E-state index contributed by atoms with van der Waals surface area (Å²) in [5.41, 5.74) is 10.7. The maximum Gasteiger partial charge on any atom is 0.144 e. The molecule has 0 fully saturated rings. The van der Waals surface area contributed by atoms with E-state index in [1.54, 1.807) is 0 Å². The zero-order chi connectivity index (χ0) is 14.7. The fourth-order valence-corrected chi connectivity index (χ4v) is 3.04. The summed E-state index contributed by atoms with van der Waals surface area (Å²) in [4.78, 5) is 0. The molecule has 1 unspecified atom stereocenters. The van der Waals surface area contributed by atoms with Gasteiger partial charge >= 0.3 is 0 Å². The van der Waals surface area contributed by atoms with E-state index in [2.05, 4.69) is 29.6 Å². The van der Waals surface area contributed by atoms with Gasteiger partial charge in [-0.1, -0.05) is 30.3 Å². The van der Waals surface area contributed by atoms with Gasteiger partial charge in [0.15, 0.2) is 0 Å². The summed E-state index contributed by atoms with van der Waals surface area (Å²) in [7, 11) is 0. The third-order valence-corrected chi connectivity index (χ3v) is 4.07. The molecule has 1 aliphatic carbocycles. The lowest BCUT2D eigenvalue weighted by Crippen LogP contribution is -2.18. The number of anilines is 2. The molecule has 0 radical (unpaired) electrons. The maximum absolute atomic E-state index is 6.22. The third-order valence-electron chi connectivity index (χ3n) is 4.07. The molecule has 110 valence electrons. The van der Waals surface area contributed by atoms with Crippen LogP contribution in [0, 0.1) is 0 Å². The molecule has 0 aromatic heterocycles. The summed E-state index contributed by atoms with van der Waals surface area (Å²) in [6.45, 7) is 2.59. The molecule has 0 amide bonds. The lowest BCUT2D eigenvalue weighted by molar-refractivity contribution is 0.342. The number of nitrogens with two attached hydrogens (primary N) is 1. The van der Waals surface area contributed by atoms with Gasteiger partial charge < -0.3 is 15.8 Å². The van der Waals surface area contributed by atoms with Crippen molar-refractivity contribution in [2.75, 3.05) is 17.7 Å². The number of rotatable bonds is 4. The van der Waals surface area contributed by atoms with Crippen LogP contribution in [0.4, 0.5) is 11.4 Å². The number of nitrogen functional groups attached to an aromatic ring is 1. The second-order valence-electron chi connectivity index (χ2n) is 5.44. The normalized spacial score (nSPS) is 17.1. The van der Waals surface area contributed by atoms with Crippen molar-refractivity contribution >= 4 is 11.4 Å². The molecule has 1 atom stereocenters. The SMILES string of the molecule is CCOc1cccc(NC2CCCc3ccccc32)c1N. The van der Waals surface area contributed by atoms with Crippen LogP contribution < -0.4 is 15.8 Å².